The van der Waals surface area contributed by atoms with Crippen LogP contribution in [0.5, 0.6) is 5.75 Å². The lowest BCUT2D eigenvalue weighted by atomic mass is 10.2. The van der Waals surface area contributed by atoms with E-state index in [-0.39, 0.29) is 18.0 Å². The standard InChI is InChI=1S/C12H12BrN5O3/c1-7-2-8(13)3-10(18(19)20)12(7)21-6-9-4-16-11(17-14)5-15-9/h2-5H,6,14H2,1H3,(H,16,17). The van der Waals surface area contributed by atoms with E-state index in [0.717, 1.165) is 0 Å². The number of rotatable bonds is 5. The van der Waals surface area contributed by atoms with Gasteiger partial charge in [0.05, 0.1) is 23.0 Å². The van der Waals surface area contributed by atoms with Crippen LogP contribution in [0.3, 0.4) is 0 Å². The number of nitrogens with one attached hydrogen (secondary N) is 1. The molecule has 0 radical (unpaired) electrons. The molecule has 0 unspecified atom stereocenters. The summed E-state index contributed by atoms with van der Waals surface area (Å²) in [6, 6.07) is 3.14. The molecule has 1 aromatic carbocycles. The third kappa shape index (κ3) is 3.64. The van der Waals surface area contributed by atoms with Gasteiger partial charge < -0.3 is 10.2 Å². The molecule has 21 heavy (non-hydrogen) atoms. The first kappa shape index (κ1) is 15.1. The second-order valence-corrected chi connectivity index (χ2v) is 5.07. The van der Waals surface area contributed by atoms with Crippen LogP contribution in [0.2, 0.25) is 0 Å². The summed E-state index contributed by atoms with van der Waals surface area (Å²) in [5.74, 6) is 5.82. The summed E-state index contributed by atoms with van der Waals surface area (Å²) in [4.78, 5) is 18.7. The van der Waals surface area contributed by atoms with Crippen molar-refractivity contribution in [1.29, 1.82) is 0 Å². The Labute approximate surface area is 128 Å². The maximum atomic E-state index is 11.1. The molecular formula is C12H12BrN5O3. The van der Waals surface area contributed by atoms with E-state index in [4.69, 9.17) is 10.6 Å². The van der Waals surface area contributed by atoms with Crippen LogP contribution in [0.1, 0.15) is 11.3 Å². The molecule has 8 nitrogen and oxygen atoms in total. The monoisotopic (exact) mass is 353 g/mol. The Kier molecular flexibility index (Phi) is 4.66. The van der Waals surface area contributed by atoms with Crippen molar-refractivity contribution < 1.29 is 9.66 Å². The molecule has 0 aliphatic carbocycles. The van der Waals surface area contributed by atoms with Gasteiger partial charge >= 0.3 is 5.69 Å². The molecule has 110 valence electrons. The van der Waals surface area contributed by atoms with E-state index < -0.39 is 4.92 Å². The Balaban J connectivity index is 2.20. The molecule has 0 atom stereocenters. The number of nitrogens with zero attached hydrogens (tertiary/aromatic N) is 3. The Morgan fingerprint density at radius 2 is 2.19 bits per heavy atom. The molecule has 3 N–H and O–H groups in total. The highest BCUT2D eigenvalue weighted by molar-refractivity contribution is 9.10. The number of halogens is 1. The average molecular weight is 354 g/mol. The first-order chi connectivity index (χ1) is 10.0. The van der Waals surface area contributed by atoms with E-state index >= 15 is 0 Å². The fourth-order valence-corrected chi connectivity index (χ4v) is 2.25. The van der Waals surface area contributed by atoms with Gasteiger partial charge in [-0.3, -0.25) is 15.1 Å². The molecule has 0 fully saturated rings. The van der Waals surface area contributed by atoms with Gasteiger partial charge in [-0.2, -0.15) is 0 Å². The fourth-order valence-electron chi connectivity index (χ4n) is 1.69. The number of ether oxygens (including phenoxy) is 1. The first-order valence-corrected chi connectivity index (χ1v) is 6.65. The first-order valence-electron chi connectivity index (χ1n) is 5.86. The normalized spacial score (nSPS) is 10.2. The summed E-state index contributed by atoms with van der Waals surface area (Å²) in [5, 5.41) is 11.1. The Morgan fingerprint density at radius 3 is 2.76 bits per heavy atom. The third-order valence-electron chi connectivity index (χ3n) is 2.63. The summed E-state index contributed by atoms with van der Waals surface area (Å²) in [6.07, 6.45) is 2.93. The van der Waals surface area contributed by atoms with E-state index in [1.54, 1.807) is 13.0 Å². The van der Waals surface area contributed by atoms with Gasteiger partial charge in [0.1, 0.15) is 6.61 Å². The zero-order valence-corrected chi connectivity index (χ0v) is 12.6. The molecule has 9 heteroatoms. The van der Waals surface area contributed by atoms with Gasteiger partial charge in [0.15, 0.2) is 5.82 Å². The van der Waals surface area contributed by atoms with Gasteiger partial charge in [0.25, 0.3) is 0 Å². The molecule has 0 amide bonds. The van der Waals surface area contributed by atoms with Crippen LogP contribution in [-0.2, 0) is 6.61 Å². The van der Waals surface area contributed by atoms with Crippen LogP contribution >= 0.6 is 15.9 Å². The highest BCUT2D eigenvalue weighted by atomic mass is 79.9. The van der Waals surface area contributed by atoms with Crippen molar-refractivity contribution in [3.8, 4) is 5.75 Å². The van der Waals surface area contributed by atoms with Gasteiger partial charge in [-0.1, -0.05) is 15.9 Å². The maximum absolute atomic E-state index is 11.1. The van der Waals surface area contributed by atoms with Gasteiger partial charge in [0, 0.05) is 10.5 Å². The van der Waals surface area contributed by atoms with Crippen molar-refractivity contribution in [2.24, 2.45) is 5.84 Å². The Bertz CT molecular complexity index is 663. The Hall–Kier alpha value is -2.26. The number of nitro groups is 1. The van der Waals surface area contributed by atoms with Crippen LogP contribution in [0, 0.1) is 17.0 Å². The number of benzene rings is 1. The van der Waals surface area contributed by atoms with E-state index in [2.05, 4.69) is 31.3 Å². The number of nitrogen functional groups attached to an aromatic ring is 1. The van der Waals surface area contributed by atoms with Crippen molar-refractivity contribution in [3.05, 3.63) is 50.4 Å². The molecular weight excluding hydrogens is 342 g/mol. The maximum Gasteiger partial charge on any atom is 0.312 e. The molecule has 2 rings (SSSR count). The fraction of sp³-hybridized carbons (Fsp3) is 0.167. The molecule has 0 saturated heterocycles. The van der Waals surface area contributed by atoms with Crippen molar-refractivity contribution in [2.45, 2.75) is 13.5 Å². The lowest BCUT2D eigenvalue weighted by molar-refractivity contribution is -0.386. The highest BCUT2D eigenvalue weighted by Crippen LogP contribution is 2.34. The van der Waals surface area contributed by atoms with Crippen LogP contribution in [0.15, 0.2) is 29.0 Å². The van der Waals surface area contributed by atoms with E-state index in [9.17, 15) is 10.1 Å². The highest BCUT2D eigenvalue weighted by Gasteiger charge is 2.19. The zero-order valence-electron chi connectivity index (χ0n) is 11.0. The number of hydrogen-bond acceptors (Lipinski definition) is 7. The number of aryl methyl sites for hydroxylation is 1. The SMILES string of the molecule is Cc1cc(Br)cc([N+](=O)[O-])c1OCc1cnc(NN)cn1. The second kappa shape index (κ2) is 6.46. The van der Waals surface area contributed by atoms with E-state index in [1.807, 2.05) is 0 Å². The van der Waals surface area contributed by atoms with Crippen molar-refractivity contribution in [1.82, 2.24) is 9.97 Å². The van der Waals surface area contributed by atoms with Crippen LogP contribution in [-0.4, -0.2) is 14.9 Å². The third-order valence-corrected chi connectivity index (χ3v) is 3.09. The van der Waals surface area contributed by atoms with Crippen molar-refractivity contribution >= 4 is 27.4 Å². The van der Waals surface area contributed by atoms with Gasteiger partial charge in [0.2, 0.25) is 5.75 Å². The van der Waals surface area contributed by atoms with E-state index in [1.165, 1.54) is 18.5 Å². The zero-order chi connectivity index (χ0) is 15.4. The number of aromatic nitrogens is 2. The van der Waals surface area contributed by atoms with Crippen LogP contribution < -0.4 is 16.0 Å². The summed E-state index contributed by atoms with van der Waals surface area (Å²) in [7, 11) is 0. The predicted molar refractivity (Wildman–Crippen MR) is 79.7 cm³/mol. The minimum Gasteiger partial charge on any atom is -0.480 e. The minimum absolute atomic E-state index is 0.0706. The lowest BCUT2D eigenvalue weighted by Crippen LogP contribution is -2.10. The number of hydrazine groups is 1. The predicted octanol–water partition coefficient (Wildman–Crippen LogP) is 2.32. The van der Waals surface area contributed by atoms with Crippen LogP contribution in [0.4, 0.5) is 11.5 Å². The average Bonchev–Trinajstić information content (AvgIpc) is 2.46. The minimum atomic E-state index is -0.486. The number of hydrogen-bond donors (Lipinski definition) is 2. The molecule has 2 aromatic rings. The molecule has 0 saturated carbocycles. The van der Waals surface area contributed by atoms with Gasteiger partial charge in [-0.15, -0.1) is 0 Å². The van der Waals surface area contributed by atoms with Crippen molar-refractivity contribution in [2.75, 3.05) is 5.43 Å². The molecule has 0 aliphatic rings. The summed E-state index contributed by atoms with van der Waals surface area (Å²) in [5.41, 5.74) is 3.45. The molecule has 1 aromatic heterocycles. The molecule has 0 aliphatic heterocycles. The topological polar surface area (TPSA) is 116 Å². The van der Waals surface area contributed by atoms with E-state index in [0.29, 0.717) is 21.5 Å². The molecule has 1 heterocycles. The number of nitro benzene ring substituents is 1. The largest absolute Gasteiger partial charge is 0.480 e. The number of anilines is 1. The van der Waals surface area contributed by atoms with Gasteiger partial charge in [-0.05, 0) is 18.6 Å². The summed E-state index contributed by atoms with van der Waals surface area (Å²) in [6.45, 7) is 1.81. The van der Waals surface area contributed by atoms with Crippen molar-refractivity contribution in [3.63, 3.8) is 0 Å². The lowest BCUT2D eigenvalue weighted by Gasteiger charge is -2.10. The summed E-state index contributed by atoms with van der Waals surface area (Å²) >= 11 is 3.23. The smallest absolute Gasteiger partial charge is 0.312 e. The molecule has 0 bridgehead atoms. The Morgan fingerprint density at radius 1 is 1.43 bits per heavy atom. The summed E-state index contributed by atoms with van der Waals surface area (Å²) < 4.78 is 6.15. The second-order valence-electron chi connectivity index (χ2n) is 4.15. The molecule has 0 spiro atoms. The number of nitrogens with two attached hydrogens (primary N) is 1. The van der Waals surface area contributed by atoms with Gasteiger partial charge in [-0.25, -0.2) is 10.8 Å². The van der Waals surface area contributed by atoms with Crippen LogP contribution in [0.25, 0.3) is 0 Å². The quantitative estimate of drug-likeness (QED) is 0.481.